The Morgan fingerprint density at radius 3 is 2.42 bits per heavy atom. The molecule has 1 heterocycles. The molecule has 0 radical (unpaired) electrons. The van der Waals surface area contributed by atoms with Crippen LogP contribution in [0.1, 0.15) is 11.4 Å². The van der Waals surface area contributed by atoms with Gasteiger partial charge in [-0.05, 0) is 24.3 Å². The number of halogens is 4. The van der Waals surface area contributed by atoms with Gasteiger partial charge in [-0.3, -0.25) is 0 Å². The molecule has 100 valence electrons. The highest BCUT2D eigenvalue weighted by molar-refractivity contribution is 5.47. The third-order valence-electron chi connectivity index (χ3n) is 2.34. The molecule has 2 aromatic rings. The maximum Gasteiger partial charge on any atom is 0.419 e. The highest BCUT2D eigenvalue weighted by Gasteiger charge is 2.34. The van der Waals surface area contributed by atoms with Crippen LogP contribution < -0.4 is 5.32 Å². The molecule has 0 amide bonds. The molecule has 0 fully saturated rings. The summed E-state index contributed by atoms with van der Waals surface area (Å²) in [6, 6.07) is 4.35. The van der Waals surface area contributed by atoms with Gasteiger partial charge in [-0.25, -0.2) is 14.4 Å². The monoisotopic (exact) mass is 271 g/mol. The zero-order chi connectivity index (χ0) is 13.9. The molecule has 0 saturated heterocycles. The Kier molecular flexibility index (Phi) is 3.64. The van der Waals surface area contributed by atoms with Crippen LogP contribution in [0.4, 0.5) is 23.2 Å². The molecule has 3 nitrogen and oxygen atoms in total. The smallest absolute Gasteiger partial charge is 0.378 e. The van der Waals surface area contributed by atoms with Crippen molar-refractivity contribution in [2.24, 2.45) is 0 Å². The van der Waals surface area contributed by atoms with E-state index in [1.807, 2.05) is 0 Å². The summed E-state index contributed by atoms with van der Waals surface area (Å²) in [5.41, 5.74) is -1.15. The number of rotatable bonds is 3. The minimum atomic E-state index is -4.72. The van der Waals surface area contributed by atoms with Gasteiger partial charge in [0.05, 0.1) is 12.1 Å². The lowest BCUT2D eigenvalue weighted by Gasteiger charge is -2.11. The van der Waals surface area contributed by atoms with Crippen LogP contribution in [0.3, 0.4) is 0 Å². The first-order valence-electron chi connectivity index (χ1n) is 5.33. The van der Waals surface area contributed by atoms with Crippen LogP contribution in [0.25, 0.3) is 0 Å². The minimum Gasteiger partial charge on any atom is -0.378 e. The van der Waals surface area contributed by atoms with Crippen molar-refractivity contribution in [1.82, 2.24) is 9.97 Å². The molecule has 0 bridgehead atoms. The van der Waals surface area contributed by atoms with E-state index in [1.54, 1.807) is 6.07 Å². The zero-order valence-electron chi connectivity index (χ0n) is 9.58. The lowest BCUT2D eigenvalue weighted by molar-refractivity contribution is -0.139. The zero-order valence-corrected chi connectivity index (χ0v) is 9.58. The van der Waals surface area contributed by atoms with Gasteiger partial charge >= 0.3 is 6.18 Å². The van der Waals surface area contributed by atoms with Gasteiger partial charge in [-0.1, -0.05) is 0 Å². The quantitative estimate of drug-likeness (QED) is 0.871. The fourth-order valence-electron chi connectivity index (χ4n) is 1.45. The average Bonchev–Trinajstić information content (AvgIpc) is 2.37. The van der Waals surface area contributed by atoms with Crippen LogP contribution in [-0.4, -0.2) is 9.97 Å². The summed E-state index contributed by atoms with van der Waals surface area (Å²) in [6.07, 6.45) is -1.67. The van der Waals surface area contributed by atoms with E-state index in [2.05, 4.69) is 15.3 Å². The van der Waals surface area contributed by atoms with E-state index < -0.39 is 17.6 Å². The van der Waals surface area contributed by atoms with E-state index in [-0.39, 0.29) is 12.2 Å². The van der Waals surface area contributed by atoms with E-state index >= 15 is 0 Å². The average molecular weight is 271 g/mol. The molecule has 0 spiro atoms. The van der Waals surface area contributed by atoms with Crippen LogP contribution in [-0.2, 0) is 12.7 Å². The molecule has 0 atom stereocenters. The van der Waals surface area contributed by atoms with Gasteiger partial charge in [-0.2, -0.15) is 13.2 Å². The molecular formula is C12H9F4N3. The van der Waals surface area contributed by atoms with Crippen molar-refractivity contribution < 1.29 is 17.6 Å². The Morgan fingerprint density at radius 2 is 1.79 bits per heavy atom. The van der Waals surface area contributed by atoms with Gasteiger partial charge in [0, 0.05) is 18.1 Å². The van der Waals surface area contributed by atoms with E-state index in [4.69, 9.17) is 0 Å². The van der Waals surface area contributed by atoms with Crippen LogP contribution in [0.15, 0.2) is 36.7 Å². The molecule has 0 unspecified atom stereocenters. The molecule has 1 aromatic heterocycles. The Hall–Kier alpha value is -2.18. The SMILES string of the molecule is Fc1ccc(NCc2ncccn2)cc1C(F)(F)F. The molecule has 0 aliphatic rings. The summed E-state index contributed by atoms with van der Waals surface area (Å²) in [7, 11) is 0. The summed E-state index contributed by atoms with van der Waals surface area (Å²) in [5.74, 6) is -0.866. The predicted octanol–water partition coefficient (Wildman–Crippen LogP) is 3.25. The van der Waals surface area contributed by atoms with Crippen molar-refractivity contribution in [2.75, 3.05) is 5.32 Å². The first-order chi connectivity index (χ1) is 8.97. The second-order valence-corrected chi connectivity index (χ2v) is 3.71. The Balaban J connectivity index is 2.14. The van der Waals surface area contributed by atoms with Crippen LogP contribution in [0, 0.1) is 5.82 Å². The van der Waals surface area contributed by atoms with Crippen LogP contribution in [0.5, 0.6) is 0 Å². The van der Waals surface area contributed by atoms with Crippen LogP contribution in [0.2, 0.25) is 0 Å². The number of benzene rings is 1. The molecule has 2 rings (SSSR count). The largest absolute Gasteiger partial charge is 0.419 e. The van der Waals surface area contributed by atoms with Crippen molar-refractivity contribution in [1.29, 1.82) is 0 Å². The fraction of sp³-hybridized carbons (Fsp3) is 0.167. The lowest BCUT2D eigenvalue weighted by atomic mass is 10.2. The summed E-state index contributed by atoms with van der Waals surface area (Å²) >= 11 is 0. The van der Waals surface area contributed by atoms with Crippen molar-refractivity contribution in [2.45, 2.75) is 12.7 Å². The van der Waals surface area contributed by atoms with Crippen molar-refractivity contribution in [3.8, 4) is 0 Å². The van der Waals surface area contributed by atoms with E-state index in [0.29, 0.717) is 5.82 Å². The molecule has 7 heteroatoms. The maximum atomic E-state index is 13.1. The topological polar surface area (TPSA) is 37.8 Å². The Labute approximate surface area is 106 Å². The molecule has 0 saturated carbocycles. The van der Waals surface area contributed by atoms with Gasteiger partial charge < -0.3 is 5.32 Å². The summed E-state index contributed by atoms with van der Waals surface area (Å²) in [6.45, 7) is 0.157. The van der Waals surface area contributed by atoms with Crippen molar-refractivity contribution in [3.05, 3.63) is 53.9 Å². The highest BCUT2D eigenvalue weighted by atomic mass is 19.4. The molecule has 19 heavy (non-hydrogen) atoms. The van der Waals surface area contributed by atoms with Crippen LogP contribution >= 0.6 is 0 Å². The number of hydrogen-bond donors (Lipinski definition) is 1. The van der Waals surface area contributed by atoms with Gasteiger partial charge in [0.15, 0.2) is 0 Å². The standard InChI is InChI=1S/C12H9F4N3/c13-10-3-2-8(6-9(10)12(14,15)16)19-7-11-17-4-1-5-18-11/h1-6,19H,7H2. The fourth-order valence-corrected chi connectivity index (χ4v) is 1.45. The number of nitrogens with zero attached hydrogens (tertiary/aromatic N) is 2. The normalized spacial score (nSPS) is 11.4. The van der Waals surface area contributed by atoms with Crippen molar-refractivity contribution >= 4 is 5.69 Å². The second-order valence-electron chi connectivity index (χ2n) is 3.71. The summed E-state index contributed by atoms with van der Waals surface area (Å²) < 4.78 is 50.6. The first kappa shape index (κ1) is 13.3. The van der Waals surface area contributed by atoms with Gasteiger partial charge in [-0.15, -0.1) is 0 Å². The van der Waals surface area contributed by atoms with E-state index in [0.717, 1.165) is 12.1 Å². The predicted molar refractivity (Wildman–Crippen MR) is 60.8 cm³/mol. The lowest BCUT2D eigenvalue weighted by Crippen LogP contribution is -2.10. The highest BCUT2D eigenvalue weighted by Crippen LogP contribution is 2.32. The molecule has 0 aliphatic heterocycles. The minimum absolute atomic E-state index is 0.154. The van der Waals surface area contributed by atoms with Crippen molar-refractivity contribution in [3.63, 3.8) is 0 Å². The number of aromatic nitrogens is 2. The number of anilines is 1. The third kappa shape index (κ3) is 3.40. The Bertz CT molecular complexity index is 555. The number of nitrogens with one attached hydrogen (secondary N) is 1. The molecule has 0 aliphatic carbocycles. The maximum absolute atomic E-state index is 13.1. The van der Waals surface area contributed by atoms with Gasteiger partial charge in [0.2, 0.25) is 0 Å². The summed E-state index contributed by atoms with van der Waals surface area (Å²) in [5, 5.41) is 2.71. The second kappa shape index (κ2) is 5.21. The number of alkyl halides is 3. The Morgan fingerprint density at radius 1 is 1.11 bits per heavy atom. The third-order valence-corrected chi connectivity index (χ3v) is 2.34. The molecule has 1 aromatic carbocycles. The van der Waals surface area contributed by atoms with E-state index in [1.165, 1.54) is 18.5 Å². The van der Waals surface area contributed by atoms with Gasteiger partial charge in [0.25, 0.3) is 0 Å². The summed E-state index contributed by atoms with van der Waals surface area (Å²) in [4.78, 5) is 7.83. The van der Waals surface area contributed by atoms with E-state index in [9.17, 15) is 17.6 Å². The number of hydrogen-bond acceptors (Lipinski definition) is 3. The molecule has 1 N–H and O–H groups in total. The van der Waals surface area contributed by atoms with Gasteiger partial charge in [0.1, 0.15) is 11.6 Å². The first-order valence-corrected chi connectivity index (χ1v) is 5.33. The molecular weight excluding hydrogens is 262 g/mol.